The van der Waals surface area contributed by atoms with Crippen molar-refractivity contribution in [2.24, 2.45) is 16.8 Å². The van der Waals surface area contributed by atoms with Gasteiger partial charge in [-0.05, 0) is 42.9 Å². The Hall–Kier alpha value is -0.0469. The maximum absolute atomic E-state index is 10.1. The van der Waals surface area contributed by atoms with Crippen LogP contribution in [-0.2, 0) is 20.8 Å². The molecule has 0 saturated heterocycles. The van der Waals surface area contributed by atoms with Gasteiger partial charge in [0.25, 0.3) is 0 Å². The van der Waals surface area contributed by atoms with Gasteiger partial charge >= 0.3 is 37.9 Å². The first-order valence-corrected chi connectivity index (χ1v) is 14.1. The Labute approximate surface area is 158 Å². The van der Waals surface area contributed by atoms with Crippen molar-refractivity contribution >= 4 is 23.2 Å². The van der Waals surface area contributed by atoms with Crippen LogP contribution in [0.2, 0.25) is 0 Å². The SMILES string of the molecule is COc1cc(C)c(O)c(C=NC2CCCC(C)C2C)c1.[Cl][Zr][Cl]. The van der Waals surface area contributed by atoms with Gasteiger partial charge in [-0.3, -0.25) is 4.99 Å². The average Bonchev–Trinajstić information content (AvgIpc) is 2.53. The summed E-state index contributed by atoms with van der Waals surface area (Å²) in [6, 6.07) is 4.03. The van der Waals surface area contributed by atoms with Crippen molar-refractivity contribution in [2.45, 2.75) is 46.1 Å². The molecule has 0 bridgehead atoms. The Kier molecular flexibility index (Phi) is 9.81. The van der Waals surface area contributed by atoms with Gasteiger partial charge in [-0.25, -0.2) is 0 Å². The number of aryl methyl sites for hydroxylation is 1. The molecule has 0 spiro atoms. The molecule has 6 heteroatoms. The van der Waals surface area contributed by atoms with Crippen molar-refractivity contribution in [3.05, 3.63) is 23.3 Å². The number of benzene rings is 1. The van der Waals surface area contributed by atoms with Crippen molar-refractivity contribution < 1.29 is 30.7 Å². The van der Waals surface area contributed by atoms with Gasteiger partial charge in [0.2, 0.25) is 0 Å². The number of phenols is 1. The van der Waals surface area contributed by atoms with Crippen molar-refractivity contribution in [1.29, 1.82) is 0 Å². The number of methoxy groups -OCH3 is 1. The van der Waals surface area contributed by atoms with Crippen LogP contribution in [0.4, 0.5) is 0 Å². The molecule has 3 unspecified atom stereocenters. The van der Waals surface area contributed by atoms with E-state index in [0.717, 1.165) is 29.2 Å². The maximum atomic E-state index is 10.1. The molecule has 1 aliphatic carbocycles. The van der Waals surface area contributed by atoms with Gasteiger partial charge in [-0.15, -0.1) is 0 Å². The van der Waals surface area contributed by atoms with E-state index in [4.69, 9.17) is 26.8 Å². The molecule has 3 atom stereocenters. The molecule has 1 N–H and O–H groups in total. The number of ether oxygens (including phenoxy) is 1. The predicted molar refractivity (Wildman–Crippen MR) is 94.7 cm³/mol. The van der Waals surface area contributed by atoms with E-state index >= 15 is 0 Å². The first-order valence-electron chi connectivity index (χ1n) is 7.81. The van der Waals surface area contributed by atoms with Crippen LogP contribution in [0.15, 0.2) is 17.1 Å². The third-order valence-electron chi connectivity index (χ3n) is 4.61. The number of hydrogen-bond acceptors (Lipinski definition) is 3. The number of rotatable bonds is 3. The minimum absolute atomic E-state index is 0.297. The van der Waals surface area contributed by atoms with Crippen molar-refractivity contribution in [3.63, 3.8) is 0 Å². The quantitative estimate of drug-likeness (QED) is 0.650. The Morgan fingerprint density at radius 3 is 2.57 bits per heavy atom. The summed E-state index contributed by atoms with van der Waals surface area (Å²) in [5, 5.41) is 10.1. The van der Waals surface area contributed by atoms with Crippen LogP contribution >= 0.6 is 17.0 Å². The van der Waals surface area contributed by atoms with Gasteiger partial charge in [-0.2, -0.15) is 0 Å². The monoisotopic (exact) mass is 435 g/mol. The van der Waals surface area contributed by atoms with Crippen molar-refractivity contribution in [3.8, 4) is 11.5 Å². The molecule has 0 aliphatic heterocycles. The summed E-state index contributed by atoms with van der Waals surface area (Å²) in [7, 11) is 11.5. The molecule has 2 rings (SSSR count). The summed E-state index contributed by atoms with van der Waals surface area (Å²) in [6.45, 7) is 6.46. The van der Waals surface area contributed by atoms with Crippen LogP contribution < -0.4 is 4.74 Å². The molecule has 3 nitrogen and oxygen atoms in total. The molecule has 1 aromatic rings. The molecular formula is C17H25Cl2NO2Zr. The van der Waals surface area contributed by atoms with E-state index in [2.05, 4.69) is 13.8 Å². The second-order valence-electron chi connectivity index (χ2n) is 6.07. The summed E-state index contributed by atoms with van der Waals surface area (Å²) < 4.78 is 5.25. The van der Waals surface area contributed by atoms with Crippen LogP contribution in [-0.4, -0.2) is 24.5 Å². The van der Waals surface area contributed by atoms with Gasteiger partial charge in [0.1, 0.15) is 11.5 Å². The van der Waals surface area contributed by atoms with Gasteiger partial charge < -0.3 is 9.84 Å². The second-order valence-corrected chi connectivity index (χ2v) is 9.80. The average molecular weight is 438 g/mol. The number of nitrogens with zero attached hydrogens (tertiary/aromatic N) is 1. The molecular weight excluding hydrogens is 412 g/mol. The van der Waals surface area contributed by atoms with Crippen molar-refractivity contribution in [1.82, 2.24) is 0 Å². The minimum atomic E-state index is -0.826. The Balaban J connectivity index is 0.000000816. The molecule has 0 amide bonds. The zero-order chi connectivity index (χ0) is 17.4. The standard InChI is InChI=1S/C17H25NO2.2ClH.Zr/c1-11-6-5-7-16(13(11)3)18-10-14-9-15(20-4)8-12(2)17(14)19;;;/h8-11,13,16,19H,5-7H2,1-4H3;2*1H;/q;;;+2/p-2. The predicted octanol–water partition coefficient (Wildman–Crippen LogP) is 5.33. The molecule has 0 heterocycles. The van der Waals surface area contributed by atoms with Crippen LogP contribution in [0.1, 0.15) is 44.2 Å². The third-order valence-corrected chi connectivity index (χ3v) is 4.61. The van der Waals surface area contributed by atoms with E-state index in [1.54, 1.807) is 7.11 Å². The summed E-state index contributed by atoms with van der Waals surface area (Å²) >= 11 is -0.826. The van der Waals surface area contributed by atoms with Gasteiger partial charge in [0, 0.05) is 11.8 Å². The fraction of sp³-hybridized carbons (Fsp3) is 0.588. The van der Waals surface area contributed by atoms with E-state index in [1.165, 1.54) is 12.8 Å². The molecule has 1 aliphatic rings. The third kappa shape index (κ3) is 6.40. The molecule has 1 fully saturated rings. The number of halogens is 2. The van der Waals surface area contributed by atoms with Crippen LogP contribution in [0.25, 0.3) is 0 Å². The zero-order valence-electron chi connectivity index (χ0n) is 14.1. The van der Waals surface area contributed by atoms with E-state index < -0.39 is 20.8 Å². The Morgan fingerprint density at radius 2 is 1.96 bits per heavy atom. The molecule has 128 valence electrons. The topological polar surface area (TPSA) is 41.8 Å². The summed E-state index contributed by atoms with van der Waals surface area (Å²) in [5.74, 6) is 2.39. The molecule has 1 aromatic carbocycles. The molecule has 0 aromatic heterocycles. The summed E-state index contributed by atoms with van der Waals surface area (Å²) in [4.78, 5) is 4.72. The summed E-state index contributed by atoms with van der Waals surface area (Å²) in [5.41, 5.74) is 1.56. The number of phenolic OH excluding ortho intramolecular Hbond substituents is 1. The van der Waals surface area contributed by atoms with Gasteiger partial charge in [-0.1, -0.05) is 26.7 Å². The van der Waals surface area contributed by atoms with E-state index in [1.807, 2.05) is 25.3 Å². The normalized spacial score (nSPS) is 24.0. The van der Waals surface area contributed by atoms with E-state index in [-0.39, 0.29) is 0 Å². The first-order chi connectivity index (χ1) is 10.9. The van der Waals surface area contributed by atoms with Gasteiger partial charge in [0.15, 0.2) is 0 Å². The first kappa shape index (κ1) is 21.0. The van der Waals surface area contributed by atoms with E-state index in [9.17, 15) is 5.11 Å². The van der Waals surface area contributed by atoms with Crippen molar-refractivity contribution in [2.75, 3.05) is 7.11 Å². The number of aromatic hydroxyl groups is 1. The number of hydrogen-bond donors (Lipinski definition) is 1. The van der Waals surface area contributed by atoms with Crippen LogP contribution in [0.3, 0.4) is 0 Å². The fourth-order valence-electron chi connectivity index (χ4n) is 2.93. The van der Waals surface area contributed by atoms with Crippen LogP contribution in [0, 0.1) is 18.8 Å². The van der Waals surface area contributed by atoms with Gasteiger partial charge in [0.05, 0.1) is 13.2 Å². The zero-order valence-corrected chi connectivity index (χ0v) is 18.1. The van der Waals surface area contributed by atoms with E-state index in [0.29, 0.717) is 17.7 Å². The fourth-order valence-corrected chi connectivity index (χ4v) is 2.93. The summed E-state index contributed by atoms with van der Waals surface area (Å²) in [6.07, 6.45) is 5.50. The Bertz CT molecular complexity index is 526. The van der Waals surface area contributed by atoms with Crippen LogP contribution in [0.5, 0.6) is 11.5 Å². The molecule has 0 radical (unpaired) electrons. The molecule has 1 saturated carbocycles. The number of aliphatic imine (C=N–C) groups is 1. The Morgan fingerprint density at radius 1 is 1.30 bits per heavy atom. The molecule has 23 heavy (non-hydrogen) atoms. The second kappa shape index (κ2) is 10.7.